The summed E-state index contributed by atoms with van der Waals surface area (Å²) >= 11 is 1.53. The van der Waals surface area contributed by atoms with E-state index in [4.69, 9.17) is 4.74 Å². The second-order valence-electron chi connectivity index (χ2n) is 7.77. The maximum Gasteiger partial charge on any atom is 0.232 e. The van der Waals surface area contributed by atoms with Gasteiger partial charge in [0, 0.05) is 25.0 Å². The lowest BCUT2D eigenvalue weighted by Crippen LogP contribution is -2.38. The zero-order valence-electron chi connectivity index (χ0n) is 18.7. The van der Waals surface area contributed by atoms with E-state index in [-0.39, 0.29) is 0 Å². The van der Waals surface area contributed by atoms with Crippen molar-refractivity contribution in [2.24, 2.45) is 0 Å². The van der Waals surface area contributed by atoms with Crippen molar-refractivity contribution in [3.05, 3.63) is 95.1 Å². The monoisotopic (exact) mass is 468 g/mol. The summed E-state index contributed by atoms with van der Waals surface area (Å²) in [6.45, 7) is 7.23. The van der Waals surface area contributed by atoms with E-state index in [1.165, 1.54) is 11.8 Å². The molecule has 0 unspecified atom stereocenters. The van der Waals surface area contributed by atoms with E-state index in [2.05, 4.69) is 50.2 Å². The number of ether oxygens (including phenoxy) is 1. The number of allylic oxidation sites excluding steroid dienone is 1. The maximum absolute atomic E-state index is 10.4. The van der Waals surface area contributed by atoms with Crippen molar-refractivity contribution in [2.45, 2.75) is 0 Å². The summed E-state index contributed by atoms with van der Waals surface area (Å²) in [4.78, 5) is 4.27. The third-order valence-corrected chi connectivity index (χ3v) is 6.69. The number of rotatable bonds is 6. The number of benzene rings is 2. The van der Waals surface area contributed by atoms with Gasteiger partial charge in [-0.3, -0.25) is 4.57 Å². The van der Waals surface area contributed by atoms with Crippen molar-refractivity contribution in [2.75, 3.05) is 37.7 Å². The molecular formula is C26H24N6OS. The van der Waals surface area contributed by atoms with E-state index in [0.29, 0.717) is 37.1 Å². The van der Waals surface area contributed by atoms with Crippen LogP contribution in [0.3, 0.4) is 0 Å². The molecule has 0 bridgehead atoms. The lowest BCUT2D eigenvalue weighted by Gasteiger charge is -2.28. The fraction of sp³-hybridized carbons (Fsp3) is 0.192. The number of nitriles is 1. The summed E-state index contributed by atoms with van der Waals surface area (Å²) in [6.07, 6.45) is 1.85. The maximum atomic E-state index is 10.4. The first-order valence-electron chi connectivity index (χ1n) is 11.1. The molecule has 8 heteroatoms. The van der Waals surface area contributed by atoms with Crippen LogP contribution >= 0.6 is 11.8 Å². The highest BCUT2D eigenvalue weighted by Crippen LogP contribution is 2.43. The smallest absolute Gasteiger partial charge is 0.232 e. The average molecular weight is 469 g/mol. The van der Waals surface area contributed by atoms with Crippen molar-refractivity contribution in [1.82, 2.24) is 19.7 Å². The van der Waals surface area contributed by atoms with Gasteiger partial charge in [-0.2, -0.15) is 5.26 Å². The summed E-state index contributed by atoms with van der Waals surface area (Å²) in [7, 11) is 0. The molecule has 0 atom stereocenters. The van der Waals surface area contributed by atoms with E-state index in [1.807, 2.05) is 59.2 Å². The van der Waals surface area contributed by atoms with E-state index in [1.54, 1.807) is 0 Å². The molecule has 2 aliphatic rings. The predicted octanol–water partition coefficient (Wildman–Crippen LogP) is 4.53. The van der Waals surface area contributed by atoms with Gasteiger partial charge >= 0.3 is 0 Å². The van der Waals surface area contributed by atoms with Crippen LogP contribution in [-0.4, -0.2) is 52.5 Å². The second kappa shape index (κ2) is 10.00. The highest BCUT2D eigenvalue weighted by Gasteiger charge is 2.30. The van der Waals surface area contributed by atoms with Gasteiger partial charge in [-0.1, -0.05) is 66.4 Å². The Kier molecular flexibility index (Phi) is 6.47. The van der Waals surface area contributed by atoms with Crippen LogP contribution in [0.2, 0.25) is 0 Å². The van der Waals surface area contributed by atoms with Gasteiger partial charge in [-0.05, 0) is 17.7 Å². The third-order valence-electron chi connectivity index (χ3n) is 5.70. The Balaban J connectivity index is 1.64. The fourth-order valence-corrected chi connectivity index (χ4v) is 5.14. The molecule has 0 aliphatic carbocycles. The van der Waals surface area contributed by atoms with Gasteiger partial charge < -0.3 is 14.5 Å². The van der Waals surface area contributed by atoms with Crippen LogP contribution in [-0.2, 0) is 4.74 Å². The molecule has 2 aliphatic heterocycles. The average Bonchev–Trinajstić information content (AvgIpc) is 3.52. The van der Waals surface area contributed by atoms with Crippen molar-refractivity contribution >= 4 is 29.0 Å². The minimum Gasteiger partial charge on any atom is -0.378 e. The summed E-state index contributed by atoms with van der Waals surface area (Å²) in [5, 5.41) is 22.3. The topological polar surface area (TPSA) is 70.2 Å². The zero-order valence-corrected chi connectivity index (χ0v) is 19.5. The van der Waals surface area contributed by atoms with Crippen molar-refractivity contribution in [3.8, 4) is 11.8 Å². The number of anilines is 1. The molecule has 0 radical (unpaired) electrons. The summed E-state index contributed by atoms with van der Waals surface area (Å²) in [5.74, 6) is 1.24. The standard InChI is InChI=1S/C26H24N6OS/c1-2-13-31-23(20-9-5-3-6-10-20)19-34-25(31)22(18-27)24-28-29-26(30-14-16-33-17-15-30)32(24)21-11-7-4-8-12-21/h2-12,19H,1,13-17H2/b25-22+. The van der Waals surface area contributed by atoms with Crippen LogP contribution < -0.4 is 4.90 Å². The molecule has 1 aromatic heterocycles. The Morgan fingerprint density at radius 3 is 2.44 bits per heavy atom. The van der Waals surface area contributed by atoms with Crippen molar-refractivity contribution < 1.29 is 4.74 Å². The van der Waals surface area contributed by atoms with Crippen molar-refractivity contribution in [3.63, 3.8) is 0 Å². The normalized spacial score (nSPS) is 17.3. The summed E-state index contributed by atoms with van der Waals surface area (Å²) < 4.78 is 7.51. The zero-order chi connectivity index (χ0) is 23.3. The molecule has 0 amide bonds. The number of aromatic nitrogens is 3. The van der Waals surface area contributed by atoms with Crippen LogP contribution in [0, 0.1) is 11.3 Å². The second-order valence-corrected chi connectivity index (χ2v) is 8.63. The fourth-order valence-electron chi connectivity index (χ4n) is 4.10. The molecule has 5 rings (SSSR count). The summed E-state index contributed by atoms with van der Waals surface area (Å²) in [6, 6.07) is 22.5. The largest absolute Gasteiger partial charge is 0.378 e. The third kappa shape index (κ3) is 4.12. The van der Waals surface area contributed by atoms with Crippen LogP contribution in [0.25, 0.3) is 17.0 Å². The number of hydrogen-bond acceptors (Lipinski definition) is 7. The van der Waals surface area contributed by atoms with Crippen LogP contribution in [0.15, 0.2) is 83.8 Å². The van der Waals surface area contributed by atoms with E-state index in [0.717, 1.165) is 35.1 Å². The quantitative estimate of drug-likeness (QED) is 0.389. The first-order chi connectivity index (χ1) is 16.8. The number of para-hydroxylation sites is 1. The Hall–Kier alpha value is -3.80. The van der Waals surface area contributed by atoms with Crippen LogP contribution in [0.1, 0.15) is 11.4 Å². The lowest BCUT2D eigenvalue weighted by atomic mass is 10.1. The van der Waals surface area contributed by atoms with Crippen molar-refractivity contribution in [1.29, 1.82) is 5.26 Å². The van der Waals surface area contributed by atoms with E-state index in [9.17, 15) is 5.26 Å². The Labute approximate surface area is 203 Å². The van der Waals surface area contributed by atoms with Crippen LogP contribution in [0.5, 0.6) is 0 Å². The Morgan fingerprint density at radius 1 is 1.06 bits per heavy atom. The van der Waals surface area contributed by atoms with Crippen LogP contribution in [0.4, 0.5) is 5.95 Å². The molecule has 1 saturated heterocycles. The molecule has 34 heavy (non-hydrogen) atoms. The number of thioether (sulfide) groups is 1. The first-order valence-corrected chi connectivity index (χ1v) is 12.0. The molecule has 1 fully saturated rings. The number of morpholine rings is 1. The molecule has 2 aromatic carbocycles. The molecule has 7 nitrogen and oxygen atoms in total. The lowest BCUT2D eigenvalue weighted by molar-refractivity contribution is 0.122. The molecule has 3 heterocycles. The van der Waals surface area contributed by atoms with E-state index < -0.39 is 0 Å². The molecule has 0 spiro atoms. The van der Waals surface area contributed by atoms with Gasteiger partial charge in [-0.25, -0.2) is 0 Å². The van der Waals surface area contributed by atoms with E-state index >= 15 is 0 Å². The van der Waals surface area contributed by atoms with Gasteiger partial charge in [0.15, 0.2) is 5.82 Å². The van der Waals surface area contributed by atoms with Gasteiger partial charge in [0.2, 0.25) is 5.95 Å². The minimum atomic E-state index is 0.477. The molecule has 0 saturated carbocycles. The molecule has 0 N–H and O–H groups in total. The molecule has 3 aromatic rings. The van der Waals surface area contributed by atoms with Gasteiger partial charge in [0.05, 0.1) is 24.6 Å². The minimum absolute atomic E-state index is 0.477. The summed E-state index contributed by atoms with van der Waals surface area (Å²) in [5.41, 5.74) is 3.51. The highest BCUT2D eigenvalue weighted by atomic mass is 32.2. The number of nitrogens with zero attached hydrogens (tertiary/aromatic N) is 6. The molecule has 170 valence electrons. The Morgan fingerprint density at radius 2 is 1.76 bits per heavy atom. The SMILES string of the molecule is C=CCN1C(c2ccccc2)=CS/C1=C(\C#N)c1nnc(N2CCOCC2)n1-c1ccccc1. The highest BCUT2D eigenvalue weighted by molar-refractivity contribution is 8.06. The van der Waals surface area contributed by atoms with Gasteiger partial charge in [-0.15, -0.1) is 16.8 Å². The number of hydrogen-bond donors (Lipinski definition) is 0. The predicted molar refractivity (Wildman–Crippen MR) is 136 cm³/mol. The van der Waals surface area contributed by atoms with Gasteiger partial charge in [0.25, 0.3) is 0 Å². The first kappa shape index (κ1) is 22.0. The Bertz CT molecular complexity index is 1270. The van der Waals surface area contributed by atoms with Gasteiger partial charge in [0.1, 0.15) is 16.7 Å². The molecular weight excluding hydrogens is 444 g/mol.